The standard InChI is InChI=1S/C24H30N4O3/c1-18-7-3-6-10-21(18)31-16-22(29)28-13-11-24(17-28)23(25-12-14-30-2)27-20-9-5-4-8-19(20)15-26-24/h3-10,26H,11-17H2,1-2H3,(H,25,27)/t24-/m0/s1. The number of methoxy groups -OCH3 is 1. The van der Waals surface area contributed by atoms with Crippen molar-refractivity contribution >= 4 is 17.4 Å². The summed E-state index contributed by atoms with van der Waals surface area (Å²) in [5, 5.41) is 7.23. The second-order valence-corrected chi connectivity index (χ2v) is 8.06. The van der Waals surface area contributed by atoms with Crippen molar-refractivity contribution in [1.82, 2.24) is 10.2 Å². The van der Waals surface area contributed by atoms with Crippen LogP contribution in [0.2, 0.25) is 0 Å². The lowest BCUT2D eigenvalue weighted by molar-refractivity contribution is -0.132. The number of aliphatic imine (C=N–C) groups is 1. The van der Waals surface area contributed by atoms with Gasteiger partial charge in [-0.05, 0) is 36.6 Å². The molecular weight excluding hydrogens is 392 g/mol. The summed E-state index contributed by atoms with van der Waals surface area (Å²) in [5.41, 5.74) is 2.85. The lowest BCUT2D eigenvalue weighted by Gasteiger charge is -2.30. The van der Waals surface area contributed by atoms with E-state index >= 15 is 0 Å². The number of rotatable bonds is 6. The summed E-state index contributed by atoms with van der Waals surface area (Å²) in [4.78, 5) is 19.6. The van der Waals surface area contributed by atoms with Crippen LogP contribution in [-0.4, -0.2) is 62.1 Å². The molecule has 2 aliphatic rings. The Morgan fingerprint density at radius 2 is 2.00 bits per heavy atom. The molecule has 0 saturated carbocycles. The van der Waals surface area contributed by atoms with Crippen molar-refractivity contribution in [3.63, 3.8) is 0 Å². The van der Waals surface area contributed by atoms with Gasteiger partial charge in [0.2, 0.25) is 0 Å². The van der Waals surface area contributed by atoms with E-state index < -0.39 is 5.54 Å². The minimum atomic E-state index is -0.412. The average Bonchev–Trinajstić information content (AvgIpc) is 3.16. The molecule has 1 amide bonds. The maximum atomic E-state index is 12.9. The molecule has 2 aliphatic heterocycles. The number of hydrogen-bond donors (Lipinski definition) is 2. The molecule has 2 aromatic rings. The van der Waals surface area contributed by atoms with Crippen molar-refractivity contribution in [2.45, 2.75) is 25.4 Å². The molecule has 2 N–H and O–H groups in total. The summed E-state index contributed by atoms with van der Waals surface area (Å²) in [6, 6.07) is 16.0. The fourth-order valence-electron chi connectivity index (χ4n) is 4.14. The van der Waals surface area contributed by atoms with Crippen LogP contribution in [-0.2, 0) is 16.1 Å². The van der Waals surface area contributed by atoms with Crippen molar-refractivity contribution in [3.05, 3.63) is 59.7 Å². The molecular formula is C24H30N4O3. The van der Waals surface area contributed by atoms with E-state index in [0.717, 1.165) is 29.3 Å². The van der Waals surface area contributed by atoms with E-state index in [1.165, 1.54) is 5.56 Å². The summed E-state index contributed by atoms with van der Waals surface area (Å²) >= 11 is 0. The van der Waals surface area contributed by atoms with Gasteiger partial charge in [-0.25, -0.2) is 0 Å². The highest BCUT2D eigenvalue weighted by Crippen LogP contribution is 2.30. The molecule has 0 unspecified atom stereocenters. The molecule has 4 rings (SSSR count). The van der Waals surface area contributed by atoms with Gasteiger partial charge in [-0.15, -0.1) is 0 Å². The highest BCUT2D eigenvalue weighted by Gasteiger charge is 2.45. The van der Waals surface area contributed by atoms with Crippen molar-refractivity contribution in [2.24, 2.45) is 4.99 Å². The Morgan fingerprint density at radius 3 is 2.84 bits per heavy atom. The van der Waals surface area contributed by atoms with Crippen molar-refractivity contribution in [2.75, 3.05) is 45.3 Å². The lowest BCUT2D eigenvalue weighted by atomic mass is 9.96. The van der Waals surface area contributed by atoms with Gasteiger partial charge in [0.1, 0.15) is 11.6 Å². The Balaban J connectivity index is 1.48. The number of likely N-dealkylation sites (tertiary alicyclic amines) is 1. The third-order valence-corrected chi connectivity index (χ3v) is 5.97. The maximum Gasteiger partial charge on any atom is 0.260 e. The van der Waals surface area contributed by atoms with E-state index in [1.807, 2.05) is 48.2 Å². The second-order valence-electron chi connectivity index (χ2n) is 8.06. The number of fused-ring (bicyclic) bond motifs is 1. The summed E-state index contributed by atoms with van der Waals surface area (Å²) in [5.74, 6) is 1.60. The van der Waals surface area contributed by atoms with Crippen LogP contribution in [0.15, 0.2) is 53.5 Å². The Morgan fingerprint density at radius 1 is 1.19 bits per heavy atom. The SMILES string of the molecule is COCCN=C1Nc2ccccc2CN[C@]12CCN(C(=O)COc1ccccc1C)C2. The van der Waals surface area contributed by atoms with E-state index in [9.17, 15) is 4.79 Å². The molecule has 7 nitrogen and oxygen atoms in total. The van der Waals surface area contributed by atoms with Crippen molar-refractivity contribution < 1.29 is 14.3 Å². The lowest BCUT2D eigenvalue weighted by Crippen LogP contribution is -2.55. The molecule has 1 atom stereocenters. The van der Waals surface area contributed by atoms with Gasteiger partial charge in [0.05, 0.1) is 18.7 Å². The van der Waals surface area contributed by atoms with Crippen LogP contribution in [0.5, 0.6) is 5.75 Å². The third-order valence-electron chi connectivity index (χ3n) is 5.97. The quantitative estimate of drug-likeness (QED) is 0.700. The van der Waals surface area contributed by atoms with Crippen LogP contribution >= 0.6 is 0 Å². The van der Waals surface area contributed by atoms with Crippen LogP contribution in [0.4, 0.5) is 5.69 Å². The normalized spacial score (nSPS) is 21.6. The number of aryl methyl sites for hydroxylation is 1. The van der Waals surface area contributed by atoms with Gasteiger partial charge in [0.25, 0.3) is 5.91 Å². The predicted molar refractivity (Wildman–Crippen MR) is 122 cm³/mol. The summed E-state index contributed by atoms with van der Waals surface area (Å²) in [7, 11) is 1.68. The predicted octanol–water partition coefficient (Wildman–Crippen LogP) is 2.61. The highest BCUT2D eigenvalue weighted by atomic mass is 16.5. The van der Waals surface area contributed by atoms with Gasteiger partial charge in [0.15, 0.2) is 6.61 Å². The number of amides is 1. The number of carbonyl (C=O) groups is 1. The van der Waals surface area contributed by atoms with E-state index in [1.54, 1.807) is 7.11 Å². The van der Waals surface area contributed by atoms with Gasteiger partial charge >= 0.3 is 0 Å². The van der Waals surface area contributed by atoms with Crippen molar-refractivity contribution in [3.8, 4) is 5.75 Å². The van der Waals surface area contributed by atoms with E-state index in [4.69, 9.17) is 14.5 Å². The number of nitrogens with one attached hydrogen (secondary N) is 2. The molecule has 0 radical (unpaired) electrons. The second kappa shape index (κ2) is 9.49. The minimum Gasteiger partial charge on any atom is -0.484 e. The topological polar surface area (TPSA) is 75.2 Å². The first-order valence-electron chi connectivity index (χ1n) is 10.7. The van der Waals surface area contributed by atoms with Gasteiger partial charge in [0, 0.05) is 32.4 Å². The van der Waals surface area contributed by atoms with Crippen LogP contribution in [0.1, 0.15) is 17.5 Å². The number of benzene rings is 2. The van der Waals surface area contributed by atoms with Gasteiger partial charge < -0.3 is 19.7 Å². The smallest absolute Gasteiger partial charge is 0.260 e. The molecule has 31 heavy (non-hydrogen) atoms. The van der Waals surface area contributed by atoms with E-state index in [2.05, 4.69) is 22.8 Å². The molecule has 2 aromatic carbocycles. The Hall–Kier alpha value is -2.90. The van der Waals surface area contributed by atoms with E-state index in [-0.39, 0.29) is 12.5 Å². The summed E-state index contributed by atoms with van der Waals surface area (Å²) in [6.45, 7) is 5.05. The fraction of sp³-hybridized carbons (Fsp3) is 0.417. The number of ether oxygens (including phenoxy) is 2. The van der Waals surface area contributed by atoms with Crippen LogP contribution in [0.25, 0.3) is 0 Å². The molecule has 0 aliphatic carbocycles. The zero-order chi connectivity index (χ0) is 21.7. The monoisotopic (exact) mass is 422 g/mol. The first-order chi connectivity index (χ1) is 15.1. The molecule has 0 bridgehead atoms. The molecule has 0 aromatic heterocycles. The van der Waals surface area contributed by atoms with Gasteiger partial charge in [-0.3, -0.25) is 15.1 Å². The Labute approximate surface area is 183 Å². The number of anilines is 1. The Kier molecular flexibility index (Phi) is 6.53. The van der Waals surface area contributed by atoms with Gasteiger partial charge in [-0.1, -0.05) is 36.4 Å². The molecule has 164 valence electrons. The first-order valence-corrected chi connectivity index (χ1v) is 10.7. The summed E-state index contributed by atoms with van der Waals surface area (Å²) in [6.07, 6.45) is 0.788. The van der Waals surface area contributed by atoms with Crippen LogP contribution in [0, 0.1) is 6.92 Å². The zero-order valence-corrected chi connectivity index (χ0v) is 18.2. The minimum absolute atomic E-state index is 0.0140. The average molecular weight is 423 g/mol. The third kappa shape index (κ3) is 4.73. The maximum absolute atomic E-state index is 12.9. The number of amidine groups is 1. The first kappa shape index (κ1) is 21.3. The molecule has 1 fully saturated rings. The zero-order valence-electron chi connectivity index (χ0n) is 18.2. The number of nitrogens with zero attached hydrogens (tertiary/aromatic N) is 2. The van der Waals surface area contributed by atoms with E-state index in [0.29, 0.717) is 32.8 Å². The number of para-hydroxylation sites is 2. The molecule has 2 heterocycles. The van der Waals surface area contributed by atoms with Gasteiger partial charge in [-0.2, -0.15) is 0 Å². The van der Waals surface area contributed by atoms with Crippen LogP contribution in [0.3, 0.4) is 0 Å². The van der Waals surface area contributed by atoms with Crippen LogP contribution < -0.4 is 15.4 Å². The molecule has 7 heteroatoms. The number of carbonyl (C=O) groups excluding carboxylic acids is 1. The fourth-order valence-corrected chi connectivity index (χ4v) is 4.14. The summed E-state index contributed by atoms with van der Waals surface area (Å²) < 4.78 is 11.0. The highest BCUT2D eigenvalue weighted by molar-refractivity contribution is 6.04. The number of hydrogen-bond acceptors (Lipinski definition) is 5. The molecule has 1 saturated heterocycles. The Bertz CT molecular complexity index is 961. The molecule has 1 spiro atoms. The van der Waals surface area contributed by atoms with Crippen molar-refractivity contribution in [1.29, 1.82) is 0 Å². The largest absolute Gasteiger partial charge is 0.484 e.